The highest BCUT2D eigenvalue weighted by molar-refractivity contribution is 8.13. The minimum absolute atomic E-state index is 0.0481. The molecule has 144 valence electrons. The summed E-state index contributed by atoms with van der Waals surface area (Å²) < 4.78 is 1.05. The molecule has 2 heterocycles. The first-order valence-electron chi connectivity index (χ1n) is 9.35. The van der Waals surface area contributed by atoms with Crippen LogP contribution in [0.5, 0.6) is 0 Å². The predicted octanol–water partition coefficient (Wildman–Crippen LogP) is 5.08. The maximum atomic E-state index is 13.2. The number of hydrogen-bond donors (Lipinski definition) is 0. The van der Waals surface area contributed by atoms with Crippen LogP contribution in [-0.4, -0.2) is 39.9 Å². The monoisotopic (exact) mass is 411 g/mol. The first-order chi connectivity index (χ1) is 13.7. The SMILES string of the molecule is CCc1ccc(N(C(=O)CCN2CCSC2=O)c2nc3ccccc3s2)cc1. The van der Waals surface area contributed by atoms with Crippen LogP contribution < -0.4 is 4.90 Å². The van der Waals surface area contributed by atoms with E-state index in [0.717, 1.165) is 28.1 Å². The number of hydrogen-bond acceptors (Lipinski definition) is 5. The highest BCUT2D eigenvalue weighted by Gasteiger charge is 2.25. The number of para-hydroxylation sites is 1. The Morgan fingerprint density at radius 3 is 2.64 bits per heavy atom. The van der Waals surface area contributed by atoms with Crippen molar-refractivity contribution in [3.63, 3.8) is 0 Å². The van der Waals surface area contributed by atoms with Crippen molar-refractivity contribution in [1.82, 2.24) is 9.88 Å². The molecule has 0 radical (unpaired) electrons. The molecule has 0 N–H and O–H groups in total. The lowest BCUT2D eigenvalue weighted by Crippen LogP contribution is -2.32. The number of carbonyl (C=O) groups is 2. The molecule has 0 unspecified atom stereocenters. The summed E-state index contributed by atoms with van der Waals surface area (Å²) >= 11 is 2.82. The summed E-state index contributed by atoms with van der Waals surface area (Å²) in [5, 5.41) is 0.726. The van der Waals surface area contributed by atoms with Crippen molar-refractivity contribution in [1.29, 1.82) is 0 Å². The molecule has 7 heteroatoms. The van der Waals surface area contributed by atoms with Crippen LogP contribution in [0.15, 0.2) is 48.5 Å². The van der Waals surface area contributed by atoms with Gasteiger partial charge in [0, 0.05) is 25.3 Å². The maximum Gasteiger partial charge on any atom is 0.281 e. The number of benzene rings is 2. The largest absolute Gasteiger partial charge is 0.332 e. The van der Waals surface area contributed by atoms with Crippen LogP contribution in [0, 0.1) is 0 Å². The van der Waals surface area contributed by atoms with Crippen LogP contribution in [0.3, 0.4) is 0 Å². The van der Waals surface area contributed by atoms with Crippen LogP contribution in [0.4, 0.5) is 15.6 Å². The molecule has 1 saturated heterocycles. The Hall–Kier alpha value is -2.38. The Labute approximate surface area is 172 Å². The van der Waals surface area contributed by atoms with Gasteiger partial charge in [-0.15, -0.1) is 0 Å². The summed E-state index contributed by atoms with van der Waals surface area (Å²) in [7, 11) is 0. The van der Waals surface area contributed by atoms with Crippen LogP contribution in [0.1, 0.15) is 18.9 Å². The standard InChI is InChI=1S/C21H21N3O2S2/c1-2-15-7-9-16(10-8-15)24(19(25)11-12-23-13-14-27-21(23)26)20-22-17-5-3-4-6-18(17)28-20/h3-10H,2,11-14H2,1H3. The molecule has 1 aliphatic heterocycles. The molecule has 5 nitrogen and oxygen atoms in total. The average Bonchev–Trinajstić information content (AvgIpc) is 3.32. The Morgan fingerprint density at radius 2 is 1.96 bits per heavy atom. The summed E-state index contributed by atoms with van der Waals surface area (Å²) in [5.74, 6) is 0.751. The summed E-state index contributed by atoms with van der Waals surface area (Å²) in [6.07, 6.45) is 1.22. The van der Waals surface area contributed by atoms with Gasteiger partial charge < -0.3 is 4.90 Å². The number of rotatable bonds is 6. The van der Waals surface area contributed by atoms with Gasteiger partial charge in [0.2, 0.25) is 5.91 Å². The van der Waals surface area contributed by atoms with Crippen LogP contribution >= 0.6 is 23.1 Å². The van der Waals surface area contributed by atoms with Crippen molar-refractivity contribution in [3.05, 3.63) is 54.1 Å². The molecule has 28 heavy (non-hydrogen) atoms. The summed E-state index contributed by atoms with van der Waals surface area (Å²) in [6, 6.07) is 15.9. The molecule has 0 atom stereocenters. The minimum atomic E-state index is -0.0481. The van der Waals surface area contributed by atoms with Gasteiger partial charge in [-0.05, 0) is 36.2 Å². The van der Waals surface area contributed by atoms with Crippen molar-refractivity contribution in [2.24, 2.45) is 0 Å². The number of amides is 2. The van der Waals surface area contributed by atoms with Crippen LogP contribution in [0.2, 0.25) is 0 Å². The van der Waals surface area contributed by atoms with Gasteiger partial charge in [0.25, 0.3) is 5.24 Å². The normalized spacial score (nSPS) is 14.0. The second-order valence-electron chi connectivity index (χ2n) is 6.56. The van der Waals surface area contributed by atoms with E-state index in [4.69, 9.17) is 0 Å². The lowest BCUT2D eigenvalue weighted by Gasteiger charge is -2.22. The summed E-state index contributed by atoms with van der Waals surface area (Å²) in [4.78, 5) is 33.2. The Balaban J connectivity index is 1.63. The van der Waals surface area contributed by atoms with E-state index in [2.05, 4.69) is 11.9 Å². The van der Waals surface area contributed by atoms with Gasteiger partial charge in [0.1, 0.15) is 0 Å². The molecule has 0 saturated carbocycles. The number of fused-ring (bicyclic) bond motifs is 1. The maximum absolute atomic E-state index is 13.2. The van der Waals surface area contributed by atoms with Gasteiger partial charge in [-0.1, -0.05) is 54.3 Å². The molecule has 1 fully saturated rings. The molecule has 2 amide bonds. The summed E-state index contributed by atoms with van der Waals surface area (Å²) in [5.41, 5.74) is 2.92. The fraction of sp³-hybridized carbons (Fsp3) is 0.286. The molecule has 0 bridgehead atoms. The first kappa shape index (κ1) is 19.0. The molecule has 0 aliphatic carbocycles. The van der Waals surface area contributed by atoms with Crippen molar-refractivity contribution in [2.45, 2.75) is 19.8 Å². The van der Waals surface area contributed by atoms with Gasteiger partial charge >= 0.3 is 0 Å². The quantitative estimate of drug-likeness (QED) is 0.567. The topological polar surface area (TPSA) is 53.5 Å². The van der Waals surface area contributed by atoms with Gasteiger partial charge in [-0.25, -0.2) is 4.98 Å². The number of carbonyl (C=O) groups excluding carboxylic acids is 2. The third-order valence-electron chi connectivity index (χ3n) is 4.77. The van der Waals surface area contributed by atoms with E-state index < -0.39 is 0 Å². The number of anilines is 2. The zero-order valence-corrected chi connectivity index (χ0v) is 17.3. The number of aromatic nitrogens is 1. The van der Waals surface area contributed by atoms with Crippen molar-refractivity contribution in [2.75, 3.05) is 23.7 Å². The minimum Gasteiger partial charge on any atom is -0.332 e. The first-order valence-corrected chi connectivity index (χ1v) is 11.1. The fourth-order valence-corrected chi connectivity index (χ4v) is 5.02. The Kier molecular flexibility index (Phi) is 5.64. The van der Waals surface area contributed by atoms with Gasteiger partial charge in [-0.3, -0.25) is 14.5 Å². The van der Waals surface area contributed by atoms with Gasteiger partial charge in [-0.2, -0.15) is 0 Å². The van der Waals surface area contributed by atoms with Crippen molar-refractivity contribution in [3.8, 4) is 0 Å². The second-order valence-corrected chi connectivity index (χ2v) is 8.62. The molecule has 4 rings (SSSR count). The highest BCUT2D eigenvalue weighted by Crippen LogP contribution is 2.34. The van der Waals surface area contributed by atoms with E-state index >= 15 is 0 Å². The lowest BCUT2D eigenvalue weighted by molar-refractivity contribution is -0.118. The second kappa shape index (κ2) is 8.32. The van der Waals surface area contributed by atoms with E-state index in [1.54, 1.807) is 9.80 Å². The fourth-order valence-electron chi connectivity index (χ4n) is 3.17. The lowest BCUT2D eigenvalue weighted by atomic mass is 10.1. The Bertz CT molecular complexity index is 967. The molecule has 3 aromatic rings. The van der Waals surface area contributed by atoms with E-state index in [-0.39, 0.29) is 17.6 Å². The van der Waals surface area contributed by atoms with Gasteiger partial charge in [0.05, 0.1) is 15.9 Å². The number of thioether (sulfide) groups is 1. The molecule has 1 aliphatic rings. The molecule has 2 aromatic carbocycles. The van der Waals surface area contributed by atoms with Crippen LogP contribution in [-0.2, 0) is 11.2 Å². The zero-order valence-electron chi connectivity index (χ0n) is 15.6. The molecule has 1 aromatic heterocycles. The number of nitrogens with zero attached hydrogens (tertiary/aromatic N) is 3. The van der Waals surface area contributed by atoms with E-state index in [9.17, 15) is 9.59 Å². The van der Waals surface area contributed by atoms with Crippen LogP contribution in [0.25, 0.3) is 10.2 Å². The van der Waals surface area contributed by atoms with Crippen molar-refractivity contribution >= 4 is 55.3 Å². The molecular formula is C21H21N3O2S2. The highest BCUT2D eigenvalue weighted by atomic mass is 32.2. The van der Waals surface area contributed by atoms with Gasteiger partial charge in [0.15, 0.2) is 5.13 Å². The van der Waals surface area contributed by atoms with Crippen molar-refractivity contribution < 1.29 is 9.59 Å². The summed E-state index contributed by atoms with van der Waals surface area (Å²) in [6.45, 7) is 3.26. The molecule has 0 spiro atoms. The number of aryl methyl sites for hydroxylation is 1. The van der Waals surface area contributed by atoms with E-state index in [1.807, 2.05) is 48.5 Å². The smallest absolute Gasteiger partial charge is 0.281 e. The number of thiazole rings is 1. The third kappa shape index (κ3) is 3.91. The average molecular weight is 412 g/mol. The third-order valence-corrected chi connectivity index (χ3v) is 6.68. The van der Waals surface area contributed by atoms with E-state index in [1.165, 1.54) is 28.7 Å². The van der Waals surface area contributed by atoms with E-state index in [0.29, 0.717) is 18.2 Å². The molecular weight excluding hydrogens is 390 g/mol. The predicted molar refractivity (Wildman–Crippen MR) is 117 cm³/mol. The Morgan fingerprint density at radius 1 is 1.18 bits per heavy atom. The zero-order chi connectivity index (χ0) is 19.5.